The number of para-hydroxylation sites is 2. The summed E-state index contributed by atoms with van der Waals surface area (Å²) in [6.45, 7) is 3.52. The topological polar surface area (TPSA) is 50.3 Å². The third kappa shape index (κ3) is 3.00. The Balaban J connectivity index is 1.64. The van der Waals surface area contributed by atoms with E-state index in [-0.39, 0.29) is 6.10 Å². The lowest BCUT2D eigenvalue weighted by atomic mass is 10.3. The smallest absolute Gasteiger partial charge is 0.145 e. The van der Waals surface area contributed by atoms with E-state index in [0.29, 0.717) is 0 Å². The summed E-state index contributed by atoms with van der Waals surface area (Å²) in [5, 5.41) is 3.30. The number of anilines is 1. The van der Waals surface area contributed by atoms with E-state index >= 15 is 0 Å². The van der Waals surface area contributed by atoms with Gasteiger partial charge in [0.15, 0.2) is 0 Å². The molecule has 0 radical (unpaired) electrons. The first-order valence-electron chi connectivity index (χ1n) is 6.57. The van der Waals surface area contributed by atoms with E-state index in [2.05, 4.69) is 27.2 Å². The molecule has 0 spiro atoms. The van der Waals surface area contributed by atoms with Gasteiger partial charge in [-0.3, -0.25) is 4.98 Å². The van der Waals surface area contributed by atoms with Crippen molar-refractivity contribution in [2.45, 2.75) is 6.10 Å². The molecule has 1 aromatic carbocycles. The van der Waals surface area contributed by atoms with Crippen LogP contribution in [0.2, 0.25) is 0 Å². The Labute approximate surface area is 112 Å². The van der Waals surface area contributed by atoms with Crippen LogP contribution in [-0.4, -0.2) is 54.3 Å². The van der Waals surface area contributed by atoms with Crippen LogP contribution in [0.4, 0.5) is 5.82 Å². The van der Waals surface area contributed by atoms with Crippen LogP contribution in [0, 0.1) is 0 Å². The van der Waals surface area contributed by atoms with Crippen molar-refractivity contribution in [1.82, 2.24) is 14.9 Å². The predicted octanol–water partition coefficient (Wildman–Crippen LogP) is 1.37. The van der Waals surface area contributed by atoms with Gasteiger partial charge < -0.3 is 15.0 Å². The SMILES string of the molecule is CN1CCO[C@H](CNc2cnc3ccccc3n2)C1. The van der Waals surface area contributed by atoms with Gasteiger partial charge in [-0.1, -0.05) is 12.1 Å². The van der Waals surface area contributed by atoms with Gasteiger partial charge in [0, 0.05) is 19.6 Å². The van der Waals surface area contributed by atoms with E-state index < -0.39 is 0 Å². The normalized spacial score (nSPS) is 20.6. The van der Waals surface area contributed by atoms with Crippen LogP contribution in [0.25, 0.3) is 11.0 Å². The largest absolute Gasteiger partial charge is 0.374 e. The van der Waals surface area contributed by atoms with E-state index in [1.165, 1.54) is 0 Å². The molecule has 3 rings (SSSR count). The molecule has 1 aliphatic heterocycles. The Morgan fingerprint density at radius 3 is 3.05 bits per heavy atom. The molecular formula is C14H18N4O. The number of hydrogen-bond donors (Lipinski definition) is 1. The summed E-state index contributed by atoms with van der Waals surface area (Å²) >= 11 is 0. The van der Waals surface area contributed by atoms with Crippen LogP contribution in [-0.2, 0) is 4.74 Å². The third-order valence-electron chi connectivity index (χ3n) is 3.30. The van der Waals surface area contributed by atoms with Gasteiger partial charge in [0.1, 0.15) is 5.82 Å². The van der Waals surface area contributed by atoms with Crippen molar-refractivity contribution < 1.29 is 4.74 Å². The summed E-state index contributed by atoms with van der Waals surface area (Å²) in [6, 6.07) is 7.87. The molecule has 100 valence electrons. The summed E-state index contributed by atoms with van der Waals surface area (Å²) in [4.78, 5) is 11.2. The van der Waals surface area contributed by atoms with E-state index in [1.807, 2.05) is 24.3 Å². The molecule has 1 N–H and O–H groups in total. The fourth-order valence-electron chi connectivity index (χ4n) is 2.25. The maximum Gasteiger partial charge on any atom is 0.145 e. The number of hydrogen-bond acceptors (Lipinski definition) is 5. The highest BCUT2D eigenvalue weighted by Crippen LogP contribution is 2.12. The third-order valence-corrected chi connectivity index (χ3v) is 3.30. The van der Waals surface area contributed by atoms with Crippen molar-refractivity contribution in [1.29, 1.82) is 0 Å². The van der Waals surface area contributed by atoms with Crippen molar-refractivity contribution in [3.63, 3.8) is 0 Å². The zero-order valence-corrected chi connectivity index (χ0v) is 11.0. The number of morpholine rings is 1. The quantitative estimate of drug-likeness (QED) is 0.901. The number of ether oxygens (including phenoxy) is 1. The van der Waals surface area contributed by atoms with Crippen LogP contribution < -0.4 is 5.32 Å². The molecule has 0 aliphatic carbocycles. The lowest BCUT2D eigenvalue weighted by molar-refractivity contribution is -0.0117. The van der Waals surface area contributed by atoms with Crippen molar-refractivity contribution in [3.8, 4) is 0 Å². The zero-order chi connectivity index (χ0) is 13.1. The van der Waals surface area contributed by atoms with Crippen LogP contribution in [0.5, 0.6) is 0 Å². The first kappa shape index (κ1) is 12.3. The van der Waals surface area contributed by atoms with Crippen LogP contribution in [0.1, 0.15) is 0 Å². The summed E-state index contributed by atoms with van der Waals surface area (Å²) < 4.78 is 5.71. The minimum atomic E-state index is 0.215. The van der Waals surface area contributed by atoms with E-state index in [0.717, 1.165) is 43.1 Å². The lowest BCUT2D eigenvalue weighted by Gasteiger charge is -2.30. The summed E-state index contributed by atoms with van der Waals surface area (Å²) in [7, 11) is 2.12. The second-order valence-corrected chi connectivity index (χ2v) is 4.88. The van der Waals surface area contributed by atoms with Gasteiger partial charge in [-0.25, -0.2) is 4.98 Å². The van der Waals surface area contributed by atoms with Gasteiger partial charge in [0.05, 0.1) is 29.9 Å². The minimum Gasteiger partial charge on any atom is -0.374 e. The molecule has 1 aromatic heterocycles. The molecule has 0 unspecified atom stereocenters. The zero-order valence-electron chi connectivity index (χ0n) is 11.0. The monoisotopic (exact) mass is 258 g/mol. The van der Waals surface area contributed by atoms with Gasteiger partial charge in [-0.15, -0.1) is 0 Å². The molecule has 1 atom stereocenters. The van der Waals surface area contributed by atoms with Gasteiger partial charge in [0.2, 0.25) is 0 Å². The molecular weight excluding hydrogens is 240 g/mol. The van der Waals surface area contributed by atoms with Gasteiger partial charge in [0.25, 0.3) is 0 Å². The van der Waals surface area contributed by atoms with Crippen LogP contribution in [0.15, 0.2) is 30.5 Å². The highest BCUT2D eigenvalue weighted by atomic mass is 16.5. The molecule has 5 nitrogen and oxygen atoms in total. The van der Waals surface area contributed by atoms with Crippen molar-refractivity contribution in [2.24, 2.45) is 0 Å². The maximum absolute atomic E-state index is 5.71. The molecule has 0 saturated carbocycles. The van der Waals surface area contributed by atoms with Crippen molar-refractivity contribution in [3.05, 3.63) is 30.5 Å². The molecule has 0 bridgehead atoms. The molecule has 2 heterocycles. The summed E-state index contributed by atoms with van der Waals surface area (Å²) in [5.41, 5.74) is 1.83. The summed E-state index contributed by atoms with van der Waals surface area (Å²) in [6.07, 6.45) is 1.99. The highest BCUT2D eigenvalue weighted by Gasteiger charge is 2.17. The molecule has 1 saturated heterocycles. The number of aromatic nitrogens is 2. The van der Waals surface area contributed by atoms with E-state index in [9.17, 15) is 0 Å². The molecule has 5 heteroatoms. The molecule has 2 aromatic rings. The number of likely N-dealkylation sites (N-methyl/N-ethyl adjacent to an activating group) is 1. The Bertz CT molecular complexity index is 560. The standard InChI is InChI=1S/C14H18N4O/c1-18-6-7-19-11(10-18)8-16-14-9-15-12-4-2-3-5-13(12)17-14/h2-5,9,11H,6-8,10H2,1H3,(H,16,17)/t11-/m1/s1. The molecule has 19 heavy (non-hydrogen) atoms. The lowest BCUT2D eigenvalue weighted by Crippen LogP contribution is -2.43. The summed E-state index contributed by atoms with van der Waals surface area (Å²) in [5.74, 6) is 0.801. The second kappa shape index (κ2) is 5.50. The first-order chi connectivity index (χ1) is 9.31. The van der Waals surface area contributed by atoms with Gasteiger partial charge in [-0.2, -0.15) is 0 Å². The molecule has 1 fully saturated rings. The minimum absolute atomic E-state index is 0.215. The van der Waals surface area contributed by atoms with Gasteiger partial charge >= 0.3 is 0 Å². The van der Waals surface area contributed by atoms with Crippen molar-refractivity contribution in [2.75, 3.05) is 38.6 Å². The number of fused-ring (bicyclic) bond motifs is 1. The van der Waals surface area contributed by atoms with Crippen molar-refractivity contribution >= 4 is 16.9 Å². The fraction of sp³-hybridized carbons (Fsp3) is 0.429. The Hall–Kier alpha value is -1.72. The van der Waals surface area contributed by atoms with E-state index in [1.54, 1.807) is 6.20 Å². The first-order valence-corrected chi connectivity index (χ1v) is 6.57. The fourth-order valence-corrected chi connectivity index (χ4v) is 2.25. The highest BCUT2D eigenvalue weighted by molar-refractivity contribution is 5.75. The molecule has 1 aliphatic rings. The molecule has 0 amide bonds. The Morgan fingerprint density at radius 2 is 2.21 bits per heavy atom. The van der Waals surface area contributed by atoms with Crippen LogP contribution >= 0.6 is 0 Å². The van der Waals surface area contributed by atoms with Crippen LogP contribution in [0.3, 0.4) is 0 Å². The average molecular weight is 258 g/mol. The number of benzene rings is 1. The Morgan fingerprint density at radius 1 is 1.37 bits per heavy atom. The average Bonchev–Trinajstić information content (AvgIpc) is 2.45. The van der Waals surface area contributed by atoms with Gasteiger partial charge in [-0.05, 0) is 19.2 Å². The number of rotatable bonds is 3. The predicted molar refractivity (Wildman–Crippen MR) is 75.3 cm³/mol. The number of nitrogens with zero attached hydrogens (tertiary/aromatic N) is 3. The second-order valence-electron chi connectivity index (χ2n) is 4.88. The Kier molecular flexibility index (Phi) is 3.57. The number of nitrogens with one attached hydrogen (secondary N) is 1. The maximum atomic E-state index is 5.71. The van der Waals surface area contributed by atoms with E-state index in [4.69, 9.17) is 4.74 Å².